The van der Waals surface area contributed by atoms with Gasteiger partial charge in [-0.15, -0.1) is 10.2 Å². The molecule has 0 radical (unpaired) electrons. The number of anilines is 1. The molecule has 0 spiro atoms. The second-order valence-corrected chi connectivity index (χ2v) is 5.45. The van der Waals surface area contributed by atoms with Crippen LogP contribution in [-0.4, -0.2) is 35.4 Å². The number of amides is 1. The topological polar surface area (TPSA) is 73.3 Å². The molecule has 7 heteroatoms. The zero-order chi connectivity index (χ0) is 12.4. The highest BCUT2D eigenvalue weighted by atomic mass is 32.1. The number of rotatable bonds is 3. The number of aromatic nitrogens is 2. The van der Waals surface area contributed by atoms with E-state index in [1.807, 2.05) is 0 Å². The second-order valence-electron chi connectivity index (χ2n) is 4.44. The van der Waals surface area contributed by atoms with Crippen molar-refractivity contribution in [1.82, 2.24) is 10.2 Å². The number of carbonyl (C=O) groups excluding carboxylic acids is 1. The molecule has 2 saturated heterocycles. The van der Waals surface area contributed by atoms with Crippen molar-refractivity contribution in [2.45, 2.75) is 37.9 Å². The molecule has 18 heavy (non-hydrogen) atoms. The minimum absolute atomic E-state index is 0.0517. The molecule has 1 N–H and O–H groups in total. The molecule has 2 fully saturated rings. The Kier molecular flexibility index (Phi) is 3.53. The van der Waals surface area contributed by atoms with Gasteiger partial charge < -0.3 is 9.47 Å². The normalized spacial score (nSPS) is 27.6. The Hall–Kier alpha value is -1.05. The van der Waals surface area contributed by atoms with Crippen LogP contribution in [0.15, 0.2) is 0 Å². The third-order valence-corrected chi connectivity index (χ3v) is 4.03. The molecule has 1 aromatic heterocycles. The van der Waals surface area contributed by atoms with E-state index < -0.39 is 0 Å². The van der Waals surface area contributed by atoms with E-state index in [4.69, 9.17) is 9.47 Å². The molecule has 2 atom stereocenters. The summed E-state index contributed by atoms with van der Waals surface area (Å²) in [6.45, 7) is 1.44. The lowest BCUT2D eigenvalue weighted by molar-refractivity contribution is -0.124. The van der Waals surface area contributed by atoms with Crippen molar-refractivity contribution >= 4 is 22.4 Å². The van der Waals surface area contributed by atoms with Crippen LogP contribution in [0.2, 0.25) is 0 Å². The first kappa shape index (κ1) is 12.0. The van der Waals surface area contributed by atoms with Crippen LogP contribution in [0, 0.1) is 0 Å². The average molecular weight is 269 g/mol. The highest BCUT2D eigenvalue weighted by molar-refractivity contribution is 7.15. The molecule has 0 unspecified atom stereocenters. The van der Waals surface area contributed by atoms with Crippen LogP contribution in [0.25, 0.3) is 0 Å². The lowest BCUT2D eigenvalue weighted by Gasteiger charge is -2.07. The fourth-order valence-electron chi connectivity index (χ4n) is 2.16. The maximum Gasteiger partial charge on any atom is 0.255 e. The van der Waals surface area contributed by atoms with E-state index in [9.17, 15) is 4.79 Å². The third kappa shape index (κ3) is 2.52. The smallest absolute Gasteiger partial charge is 0.255 e. The fourth-order valence-corrected chi connectivity index (χ4v) is 2.99. The summed E-state index contributed by atoms with van der Waals surface area (Å²) in [6.07, 6.45) is 3.48. The van der Waals surface area contributed by atoms with Gasteiger partial charge >= 0.3 is 0 Å². The zero-order valence-electron chi connectivity index (χ0n) is 9.92. The maximum atomic E-state index is 11.8. The summed E-state index contributed by atoms with van der Waals surface area (Å²) in [5.41, 5.74) is 0. The summed E-state index contributed by atoms with van der Waals surface area (Å²) >= 11 is 1.38. The Morgan fingerprint density at radius 3 is 2.78 bits per heavy atom. The van der Waals surface area contributed by atoms with Crippen LogP contribution < -0.4 is 5.32 Å². The maximum absolute atomic E-state index is 11.8. The number of nitrogens with one attached hydrogen (secondary N) is 1. The highest BCUT2D eigenvalue weighted by Crippen LogP contribution is 2.32. The van der Waals surface area contributed by atoms with E-state index in [2.05, 4.69) is 15.5 Å². The van der Waals surface area contributed by atoms with Crippen molar-refractivity contribution in [2.24, 2.45) is 0 Å². The Morgan fingerprint density at radius 2 is 2.06 bits per heavy atom. The molecule has 0 aromatic carbocycles. The van der Waals surface area contributed by atoms with Crippen molar-refractivity contribution in [3.05, 3.63) is 5.01 Å². The minimum Gasteiger partial charge on any atom is -0.371 e. The van der Waals surface area contributed by atoms with E-state index in [0.29, 0.717) is 11.7 Å². The molecule has 3 rings (SSSR count). The first-order chi connectivity index (χ1) is 8.83. The van der Waals surface area contributed by atoms with E-state index >= 15 is 0 Å². The molecule has 1 amide bonds. The standard InChI is InChI=1S/C11H15N3O3S/c15-9(7-3-1-5-16-7)12-11-14-13-10(18-11)8-4-2-6-17-8/h7-8H,1-6H2,(H,12,14,15)/t7-,8+/m1/s1. The number of nitrogens with zero attached hydrogens (tertiary/aromatic N) is 2. The van der Waals surface area contributed by atoms with Crippen molar-refractivity contribution in [1.29, 1.82) is 0 Å². The van der Waals surface area contributed by atoms with Gasteiger partial charge in [-0.3, -0.25) is 10.1 Å². The Balaban J connectivity index is 1.60. The molecule has 1 aromatic rings. The molecule has 2 aliphatic rings. The van der Waals surface area contributed by atoms with Crippen LogP contribution in [-0.2, 0) is 14.3 Å². The van der Waals surface area contributed by atoms with Gasteiger partial charge in [0.2, 0.25) is 5.13 Å². The predicted octanol–water partition coefficient (Wildman–Crippen LogP) is 1.51. The molecule has 0 saturated carbocycles. The number of carbonyl (C=O) groups is 1. The number of hydrogen-bond donors (Lipinski definition) is 1. The average Bonchev–Trinajstić information content (AvgIpc) is 3.12. The zero-order valence-corrected chi connectivity index (χ0v) is 10.7. The first-order valence-electron chi connectivity index (χ1n) is 6.20. The summed E-state index contributed by atoms with van der Waals surface area (Å²) in [5, 5.41) is 12.2. The fraction of sp³-hybridized carbons (Fsp3) is 0.727. The lowest BCUT2D eigenvalue weighted by Crippen LogP contribution is -2.26. The second kappa shape index (κ2) is 5.29. The van der Waals surface area contributed by atoms with Crippen LogP contribution >= 0.6 is 11.3 Å². The molecule has 6 nitrogen and oxygen atoms in total. The minimum atomic E-state index is -0.333. The van der Waals surface area contributed by atoms with Crippen LogP contribution in [0.4, 0.5) is 5.13 Å². The van der Waals surface area contributed by atoms with E-state index in [-0.39, 0.29) is 18.1 Å². The number of hydrogen-bond acceptors (Lipinski definition) is 6. The molecule has 0 aliphatic carbocycles. The predicted molar refractivity (Wildman–Crippen MR) is 65.4 cm³/mol. The van der Waals surface area contributed by atoms with Crippen molar-refractivity contribution in [3.8, 4) is 0 Å². The van der Waals surface area contributed by atoms with Crippen LogP contribution in [0.1, 0.15) is 36.8 Å². The van der Waals surface area contributed by atoms with Gasteiger partial charge in [-0.25, -0.2) is 0 Å². The van der Waals surface area contributed by atoms with Gasteiger partial charge in [-0.1, -0.05) is 11.3 Å². The number of ether oxygens (including phenoxy) is 2. The largest absolute Gasteiger partial charge is 0.371 e. The summed E-state index contributed by atoms with van der Waals surface area (Å²) in [4.78, 5) is 11.8. The summed E-state index contributed by atoms with van der Waals surface area (Å²) in [7, 11) is 0. The van der Waals surface area contributed by atoms with Gasteiger partial charge in [0.05, 0.1) is 0 Å². The van der Waals surface area contributed by atoms with Crippen LogP contribution in [0.3, 0.4) is 0 Å². The molecule has 0 bridgehead atoms. The van der Waals surface area contributed by atoms with Crippen molar-refractivity contribution < 1.29 is 14.3 Å². The van der Waals surface area contributed by atoms with Gasteiger partial charge in [0.25, 0.3) is 5.91 Å². The Morgan fingerprint density at radius 1 is 1.22 bits per heavy atom. The molecule has 98 valence electrons. The van der Waals surface area contributed by atoms with Gasteiger partial charge in [-0.2, -0.15) is 0 Å². The molecule has 3 heterocycles. The SMILES string of the molecule is O=C(Nc1nnc([C@@H]2CCCO2)s1)[C@H]1CCCO1. The monoisotopic (exact) mass is 269 g/mol. The van der Waals surface area contributed by atoms with E-state index in [1.54, 1.807) is 0 Å². The van der Waals surface area contributed by atoms with Crippen molar-refractivity contribution in [2.75, 3.05) is 18.5 Å². The summed E-state index contributed by atoms with van der Waals surface area (Å²) in [5.74, 6) is -0.123. The highest BCUT2D eigenvalue weighted by Gasteiger charge is 2.26. The van der Waals surface area contributed by atoms with E-state index in [1.165, 1.54) is 11.3 Å². The Labute approximate surface area is 109 Å². The van der Waals surface area contributed by atoms with Gasteiger partial charge in [0.1, 0.15) is 17.2 Å². The molecule has 2 aliphatic heterocycles. The van der Waals surface area contributed by atoms with Gasteiger partial charge in [-0.05, 0) is 25.7 Å². The van der Waals surface area contributed by atoms with Crippen molar-refractivity contribution in [3.63, 3.8) is 0 Å². The third-order valence-electron chi connectivity index (χ3n) is 3.10. The summed E-state index contributed by atoms with van der Waals surface area (Å²) < 4.78 is 10.8. The summed E-state index contributed by atoms with van der Waals surface area (Å²) in [6, 6.07) is 0. The lowest BCUT2D eigenvalue weighted by atomic mass is 10.2. The molecular formula is C11H15N3O3S. The quantitative estimate of drug-likeness (QED) is 0.900. The van der Waals surface area contributed by atoms with E-state index in [0.717, 1.165) is 37.3 Å². The van der Waals surface area contributed by atoms with Gasteiger partial charge in [0, 0.05) is 13.2 Å². The first-order valence-corrected chi connectivity index (χ1v) is 7.02. The van der Waals surface area contributed by atoms with Crippen LogP contribution in [0.5, 0.6) is 0 Å². The molecular weight excluding hydrogens is 254 g/mol. The van der Waals surface area contributed by atoms with Gasteiger partial charge in [0.15, 0.2) is 0 Å². The Bertz CT molecular complexity index is 425.